The van der Waals surface area contributed by atoms with Crippen molar-refractivity contribution in [2.45, 2.75) is 51.1 Å². The Hall–Kier alpha value is -1.84. The van der Waals surface area contributed by atoms with Crippen LogP contribution in [0, 0.1) is 5.92 Å². The van der Waals surface area contributed by atoms with Crippen LogP contribution in [0.4, 0.5) is 23.1 Å². The van der Waals surface area contributed by atoms with Crippen LogP contribution in [0.2, 0.25) is 0 Å². The highest BCUT2D eigenvalue weighted by Gasteiger charge is 2.33. The van der Waals surface area contributed by atoms with Gasteiger partial charge in [-0.15, -0.1) is 11.3 Å². The largest absolute Gasteiger partial charge is 0.440 e. The van der Waals surface area contributed by atoms with E-state index in [-0.39, 0.29) is 24.9 Å². The summed E-state index contributed by atoms with van der Waals surface area (Å²) in [5.74, 6) is -0.442. The highest BCUT2D eigenvalue weighted by Crippen LogP contribution is 2.30. The van der Waals surface area contributed by atoms with E-state index in [0.717, 1.165) is 31.4 Å². The molecule has 2 aliphatic rings. The molecule has 0 spiro atoms. The third-order valence-corrected chi connectivity index (χ3v) is 5.88. The van der Waals surface area contributed by atoms with Crippen molar-refractivity contribution in [3.05, 3.63) is 10.6 Å². The number of carbonyl (C=O) groups excluding carboxylic acids is 2. The normalized spacial score (nSPS) is 18.6. The number of piperidine rings is 1. The fraction of sp³-hybridized carbons (Fsp3) is 0.706. The van der Waals surface area contributed by atoms with Gasteiger partial charge < -0.3 is 15.0 Å². The van der Waals surface area contributed by atoms with Crippen molar-refractivity contribution in [2.24, 2.45) is 5.92 Å². The molecular weight excluding hydrogens is 383 g/mol. The number of alkyl halides is 3. The molecule has 0 radical (unpaired) electrons. The van der Waals surface area contributed by atoms with Crippen LogP contribution in [0.1, 0.15) is 42.7 Å². The van der Waals surface area contributed by atoms with Crippen molar-refractivity contribution in [1.82, 2.24) is 9.88 Å². The van der Waals surface area contributed by atoms with Crippen molar-refractivity contribution < 1.29 is 27.5 Å². The van der Waals surface area contributed by atoms with Gasteiger partial charge in [0.1, 0.15) is 0 Å². The van der Waals surface area contributed by atoms with E-state index >= 15 is 0 Å². The molecule has 0 bridgehead atoms. The smallest absolute Gasteiger partial charge is 0.422 e. The second-order valence-electron chi connectivity index (χ2n) is 6.87. The van der Waals surface area contributed by atoms with Crippen molar-refractivity contribution in [2.75, 3.05) is 25.0 Å². The highest BCUT2D eigenvalue weighted by atomic mass is 32.1. The van der Waals surface area contributed by atoms with E-state index in [4.69, 9.17) is 0 Å². The van der Waals surface area contributed by atoms with Gasteiger partial charge in [0.15, 0.2) is 11.7 Å². The first kappa shape index (κ1) is 19.9. The summed E-state index contributed by atoms with van der Waals surface area (Å²) in [7, 11) is 0. The number of hydrogen-bond acceptors (Lipinski definition) is 5. The predicted octanol–water partition coefficient (Wildman–Crippen LogP) is 3.76. The van der Waals surface area contributed by atoms with Crippen LogP contribution in [0.5, 0.6) is 0 Å². The van der Waals surface area contributed by atoms with Gasteiger partial charge in [-0.25, -0.2) is 9.78 Å². The Morgan fingerprint density at radius 1 is 1.19 bits per heavy atom. The molecule has 1 aromatic heterocycles. The summed E-state index contributed by atoms with van der Waals surface area (Å²) < 4.78 is 40.6. The number of likely N-dealkylation sites (tertiary alicyclic amines) is 1. The first-order valence-electron chi connectivity index (χ1n) is 9.10. The van der Waals surface area contributed by atoms with Crippen LogP contribution in [0.3, 0.4) is 0 Å². The molecule has 27 heavy (non-hydrogen) atoms. The Bertz CT molecular complexity index is 661. The van der Waals surface area contributed by atoms with Gasteiger partial charge >= 0.3 is 12.3 Å². The number of fused-ring (bicyclic) bond motifs is 1. The monoisotopic (exact) mass is 405 g/mol. The molecule has 1 aliphatic carbocycles. The number of aryl methyl sites for hydroxylation is 2. The average Bonchev–Trinajstić information content (AvgIpc) is 2.87. The van der Waals surface area contributed by atoms with Gasteiger partial charge in [-0.05, 0) is 38.5 Å². The lowest BCUT2D eigenvalue weighted by molar-refractivity contribution is -0.162. The summed E-state index contributed by atoms with van der Waals surface area (Å²) in [6.07, 6.45) is 0.652. The third kappa shape index (κ3) is 5.57. The molecule has 1 saturated heterocycles. The number of ether oxygens (including phenoxy) is 1. The van der Waals surface area contributed by atoms with Gasteiger partial charge in [-0.3, -0.25) is 4.79 Å². The first-order valence-corrected chi connectivity index (χ1v) is 9.91. The molecule has 1 aromatic rings. The zero-order valence-electron chi connectivity index (χ0n) is 14.8. The number of halogens is 3. The number of aromatic nitrogens is 1. The summed E-state index contributed by atoms with van der Waals surface area (Å²) in [5, 5.41) is 3.47. The second-order valence-corrected chi connectivity index (χ2v) is 7.95. The van der Waals surface area contributed by atoms with E-state index < -0.39 is 18.9 Å². The van der Waals surface area contributed by atoms with Crippen molar-refractivity contribution in [3.8, 4) is 0 Å². The van der Waals surface area contributed by atoms with E-state index in [1.807, 2.05) is 0 Å². The van der Waals surface area contributed by atoms with Crippen LogP contribution in [-0.4, -0.2) is 47.8 Å². The molecule has 10 heteroatoms. The van der Waals surface area contributed by atoms with Gasteiger partial charge in [0.25, 0.3) is 0 Å². The summed E-state index contributed by atoms with van der Waals surface area (Å²) >= 11 is 1.52. The quantitative estimate of drug-likeness (QED) is 0.778. The molecule has 150 valence electrons. The summed E-state index contributed by atoms with van der Waals surface area (Å²) in [4.78, 5) is 31.1. The van der Waals surface area contributed by atoms with E-state index in [1.54, 1.807) is 0 Å². The highest BCUT2D eigenvalue weighted by molar-refractivity contribution is 7.15. The zero-order valence-corrected chi connectivity index (χ0v) is 15.6. The molecular formula is C17H22F3N3O3S. The maximum Gasteiger partial charge on any atom is 0.422 e. The number of anilines is 1. The van der Waals surface area contributed by atoms with Crippen molar-refractivity contribution in [3.63, 3.8) is 0 Å². The number of rotatable bonds is 3. The lowest BCUT2D eigenvalue weighted by atomic mass is 9.96. The predicted molar refractivity (Wildman–Crippen MR) is 93.7 cm³/mol. The van der Waals surface area contributed by atoms with Crippen molar-refractivity contribution in [1.29, 1.82) is 0 Å². The summed E-state index contributed by atoms with van der Waals surface area (Å²) in [5.41, 5.74) is 1.08. The van der Waals surface area contributed by atoms with Gasteiger partial charge in [-0.2, -0.15) is 13.2 Å². The van der Waals surface area contributed by atoms with Gasteiger partial charge in [-0.1, -0.05) is 6.42 Å². The minimum atomic E-state index is -4.54. The molecule has 0 atom stereocenters. The van der Waals surface area contributed by atoms with Crippen LogP contribution >= 0.6 is 11.3 Å². The minimum Gasteiger partial charge on any atom is -0.440 e. The SMILES string of the molecule is O=C(Nc1nc2c(s1)CCCCC2)C1CCN(C(=O)OCC(F)(F)F)CC1. The Balaban J connectivity index is 1.47. The van der Waals surface area contributed by atoms with Crippen LogP contribution < -0.4 is 5.32 Å². The molecule has 1 N–H and O–H groups in total. The molecule has 6 nitrogen and oxygen atoms in total. The molecule has 1 aliphatic heterocycles. The Morgan fingerprint density at radius 3 is 2.59 bits per heavy atom. The first-order chi connectivity index (χ1) is 12.8. The Morgan fingerprint density at radius 2 is 1.89 bits per heavy atom. The fourth-order valence-electron chi connectivity index (χ4n) is 3.35. The van der Waals surface area contributed by atoms with Gasteiger partial charge in [0.05, 0.1) is 5.69 Å². The van der Waals surface area contributed by atoms with Crippen LogP contribution in [-0.2, 0) is 22.4 Å². The number of hydrogen-bond donors (Lipinski definition) is 1. The number of amides is 2. The van der Waals surface area contributed by atoms with Crippen LogP contribution in [0.25, 0.3) is 0 Å². The molecule has 0 aromatic carbocycles. The molecule has 0 unspecified atom stereocenters. The molecule has 3 rings (SSSR count). The summed E-state index contributed by atoms with van der Waals surface area (Å²) in [6.45, 7) is -1.20. The number of nitrogens with zero attached hydrogens (tertiary/aromatic N) is 2. The van der Waals surface area contributed by atoms with E-state index in [0.29, 0.717) is 18.0 Å². The lowest BCUT2D eigenvalue weighted by Crippen LogP contribution is -2.42. The Labute approximate surface area is 159 Å². The minimum absolute atomic E-state index is 0.151. The van der Waals surface area contributed by atoms with Crippen LogP contribution in [0.15, 0.2) is 0 Å². The van der Waals surface area contributed by atoms with E-state index in [9.17, 15) is 22.8 Å². The van der Waals surface area contributed by atoms with E-state index in [1.165, 1.54) is 27.5 Å². The topological polar surface area (TPSA) is 71.5 Å². The summed E-state index contributed by atoms with van der Waals surface area (Å²) in [6, 6.07) is 0. The Kier molecular flexibility index (Phi) is 6.23. The molecule has 0 saturated carbocycles. The molecule has 2 heterocycles. The van der Waals surface area contributed by atoms with E-state index in [2.05, 4.69) is 15.0 Å². The second kappa shape index (κ2) is 8.45. The standard InChI is InChI=1S/C17H22F3N3O3S/c18-17(19,20)10-26-16(25)23-8-6-11(7-9-23)14(24)22-15-21-12-4-2-1-3-5-13(12)27-15/h11H,1-10H2,(H,21,22,24). The van der Waals surface area contributed by atoms with Gasteiger partial charge in [0, 0.05) is 23.9 Å². The number of carbonyl (C=O) groups is 2. The molecule has 2 amide bonds. The lowest BCUT2D eigenvalue weighted by Gasteiger charge is -2.30. The van der Waals surface area contributed by atoms with Crippen molar-refractivity contribution >= 4 is 28.5 Å². The van der Waals surface area contributed by atoms with Gasteiger partial charge in [0.2, 0.25) is 5.91 Å². The molecule has 1 fully saturated rings. The number of nitrogens with one attached hydrogen (secondary N) is 1. The third-order valence-electron chi connectivity index (χ3n) is 4.81. The number of thiazole rings is 1. The maximum atomic E-state index is 12.5. The fourth-order valence-corrected chi connectivity index (χ4v) is 4.40. The average molecular weight is 405 g/mol. The maximum absolute atomic E-state index is 12.5. The zero-order chi connectivity index (χ0) is 19.4.